The van der Waals surface area contributed by atoms with Crippen LogP contribution in [0.4, 0.5) is 0 Å². The Morgan fingerprint density at radius 1 is 1.23 bits per heavy atom. The summed E-state index contributed by atoms with van der Waals surface area (Å²) in [5, 5.41) is 0. The highest BCUT2D eigenvalue weighted by Gasteiger charge is 2.05. The van der Waals surface area contributed by atoms with E-state index in [9.17, 15) is 4.79 Å². The van der Waals surface area contributed by atoms with Crippen molar-refractivity contribution in [2.75, 3.05) is 6.61 Å². The minimum atomic E-state index is -0.172. The number of carbonyl (C=O) groups is 1. The molecule has 77 valence electrons. The molecule has 0 rings (SSSR count). The molecule has 0 aliphatic carbocycles. The molecular formula is C11H21O2. The summed E-state index contributed by atoms with van der Waals surface area (Å²) in [4.78, 5) is 11.1. The van der Waals surface area contributed by atoms with Gasteiger partial charge in [0.1, 0.15) is 0 Å². The van der Waals surface area contributed by atoms with Crippen molar-refractivity contribution >= 4 is 5.97 Å². The zero-order valence-electron chi connectivity index (χ0n) is 9.17. The third-order valence-corrected chi connectivity index (χ3v) is 1.61. The van der Waals surface area contributed by atoms with E-state index < -0.39 is 0 Å². The van der Waals surface area contributed by atoms with E-state index >= 15 is 0 Å². The zero-order valence-corrected chi connectivity index (χ0v) is 9.17. The molecule has 0 spiro atoms. The first-order valence-electron chi connectivity index (χ1n) is 5.02. The maximum absolute atomic E-state index is 11.1. The van der Waals surface area contributed by atoms with Gasteiger partial charge in [0.2, 0.25) is 0 Å². The fourth-order valence-corrected chi connectivity index (χ4v) is 0.842. The molecule has 0 N–H and O–H groups in total. The fraction of sp³-hybridized carbons (Fsp3) is 0.818. The quantitative estimate of drug-likeness (QED) is 0.595. The first-order chi connectivity index (χ1) is 6.02. The van der Waals surface area contributed by atoms with E-state index in [1.165, 1.54) is 0 Å². The first kappa shape index (κ1) is 12.5. The molecule has 13 heavy (non-hydrogen) atoms. The van der Waals surface area contributed by atoms with Gasteiger partial charge in [0, 0.05) is 0 Å². The van der Waals surface area contributed by atoms with Crippen LogP contribution in [0.1, 0.15) is 40.5 Å². The molecule has 1 radical (unpaired) electrons. The van der Waals surface area contributed by atoms with Gasteiger partial charge in [-0.3, -0.25) is 4.79 Å². The molecule has 0 aromatic heterocycles. The Hall–Kier alpha value is -0.530. The molecule has 0 bridgehead atoms. The predicted molar refractivity (Wildman–Crippen MR) is 54.2 cm³/mol. The van der Waals surface area contributed by atoms with Crippen molar-refractivity contribution in [2.24, 2.45) is 11.8 Å². The van der Waals surface area contributed by atoms with Gasteiger partial charge in [-0.15, -0.1) is 0 Å². The number of hydrogen-bond acceptors (Lipinski definition) is 2. The van der Waals surface area contributed by atoms with E-state index in [-0.39, 0.29) is 5.97 Å². The van der Waals surface area contributed by atoms with Crippen LogP contribution in [-0.4, -0.2) is 12.6 Å². The molecule has 0 fully saturated rings. The van der Waals surface area contributed by atoms with Crippen molar-refractivity contribution in [3.63, 3.8) is 0 Å². The summed E-state index contributed by atoms with van der Waals surface area (Å²) >= 11 is 0. The lowest BCUT2D eigenvalue weighted by Gasteiger charge is -2.07. The molecule has 0 saturated carbocycles. The minimum absolute atomic E-state index is 0.172. The average molecular weight is 185 g/mol. The summed E-state index contributed by atoms with van der Waals surface area (Å²) in [6, 6.07) is 0. The highest BCUT2D eigenvalue weighted by molar-refractivity contribution is 5.78. The van der Waals surface area contributed by atoms with Gasteiger partial charge in [-0.05, 0) is 18.3 Å². The number of hydrogen-bond donors (Lipinski definition) is 0. The Labute approximate surface area is 81.7 Å². The summed E-state index contributed by atoms with van der Waals surface area (Å²) in [6.07, 6.45) is 3.52. The van der Waals surface area contributed by atoms with Crippen LogP contribution < -0.4 is 0 Å². The molecule has 0 aliphatic rings. The second-order valence-electron chi connectivity index (χ2n) is 4.20. The van der Waals surface area contributed by atoms with Crippen molar-refractivity contribution in [3.05, 3.63) is 6.42 Å². The van der Waals surface area contributed by atoms with Gasteiger partial charge in [-0.1, -0.05) is 34.1 Å². The Kier molecular flexibility index (Phi) is 6.65. The average Bonchev–Trinajstić information content (AvgIpc) is 2.00. The molecule has 0 aromatic rings. The second-order valence-corrected chi connectivity index (χ2v) is 4.20. The SMILES string of the molecule is CC(C)CC[CH]C(=O)OCC(C)C. The standard InChI is InChI=1S/C11H21O2/c1-9(2)6-5-7-11(12)13-8-10(3)4/h7,9-10H,5-6,8H2,1-4H3. The summed E-state index contributed by atoms with van der Waals surface area (Å²) < 4.78 is 4.99. The summed E-state index contributed by atoms with van der Waals surface area (Å²) in [7, 11) is 0. The van der Waals surface area contributed by atoms with Gasteiger partial charge in [-0.25, -0.2) is 0 Å². The number of ether oxygens (including phenoxy) is 1. The summed E-state index contributed by atoms with van der Waals surface area (Å²) in [5.74, 6) is 0.894. The Balaban J connectivity index is 3.30. The van der Waals surface area contributed by atoms with Gasteiger partial charge in [-0.2, -0.15) is 0 Å². The van der Waals surface area contributed by atoms with Crippen molar-refractivity contribution in [1.29, 1.82) is 0 Å². The maximum Gasteiger partial charge on any atom is 0.309 e. The number of esters is 1. The van der Waals surface area contributed by atoms with Crippen molar-refractivity contribution in [2.45, 2.75) is 40.5 Å². The van der Waals surface area contributed by atoms with Gasteiger partial charge < -0.3 is 4.74 Å². The number of carbonyl (C=O) groups excluding carboxylic acids is 1. The van der Waals surface area contributed by atoms with E-state index in [0.717, 1.165) is 12.8 Å². The van der Waals surface area contributed by atoms with Crippen molar-refractivity contribution in [1.82, 2.24) is 0 Å². The molecule has 0 amide bonds. The molecule has 2 nitrogen and oxygen atoms in total. The van der Waals surface area contributed by atoms with Crippen LogP contribution in [0.15, 0.2) is 0 Å². The largest absolute Gasteiger partial charge is 0.465 e. The molecule has 0 heterocycles. The van der Waals surface area contributed by atoms with Crippen molar-refractivity contribution in [3.8, 4) is 0 Å². The first-order valence-corrected chi connectivity index (χ1v) is 5.02. The van der Waals surface area contributed by atoms with Gasteiger partial charge >= 0.3 is 5.97 Å². The van der Waals surface area contributed by atoms with Crippen LogP contribution >= 0.6 is 0 Å². The third-order valence-electron chi connectivity index (χ3n) is 1.61. The number of rotatable bonds is 6. The van der Waals surface area contributed by atoms with Gasteiger partial charge in [0.25, 0.3) is 0 Å². The van der Waals surface area contributed by atoms with Crippen LogP contribution in [0.5, 0.6) is 0 Å². The Morgan fingerprint density at radius 3 is 2.31 bits per heavy atom. The lowest BCUT2D eigenvalue weighted by Crippen LogP contribution is -2.10. The smallest absolute Gasteiger partial charge is 0.309 e. The highest BCUT2D eigenvalue weighted by Crippen LogP contribution is 2.06. The summed E-state index contributed by atoms with van der Waals surface area (Å²) in [6.45, 7) is 8.88. The molecule has 0 saturated heterocycles. The topological polar surface area (TPSA) is 26.3 Å². The molecule has 0 atom stereocenters. The summed E-state index contributed by atoms with van der Waals surface area (Å²) in [5.41, 5.74) is 0. The van der Waals surface area contributed by atoms with Crippen LogP contribution in [-0.2, 0) is 9.53 Å². The predicted octanol–water partition coefficient (Wildman–Crippen LogP) is 2.83. The highest BCUT2D eigenvalue weighted by atomic mass is 16.5. The minimum Gasteiger partial charge on any atom is -0.465 e. The normalized spacial score (nSPS) is 10.9. The zero-order chi connectivity index (χ0) is 10.3. The van der Waals surface area contributed by atoms with Gasteiger partial charge in [0.15, 0.2) is 0 Å². The van der Waals surface area contributed by atoms with E-state index in [0.29, 0.717) is 18.4 Å². The van der Waals surface area contributed by atoms with E-state index in [1.54, 1.807) is 6.42 Å². The van der Waals surface area contributed by atoms with Crippen LogP contribution in [0.3, 0.4) is 0 Å². The van der Waals surface area contributed by atoms with Gasteiger partial charge in [0.05, 0.1) is 13.0 Å². The van der Waals surface area contributed by atoms with Crippen LogP contribution in [0.25, 0.3) is 0 Å². The molecule has 2 heteroatoms. The molecule has 0 aliphatic heterocycles. The lowest BCUT2D eigenvalue weighted by molar-refractivity contribution is -0.140. The fourth-order valence-electron chi connectivity index (χ4n) is 0.842. The Morgan fingerprint density at radius 2 is 1.85 bits per heavy atom. The molecule has 0 unspecified atom stereocenters. The molecular weight excluding hydrogens is 164 g/mol. The second kappa shape index (κ2) is 6.93. The van der Waals surface area contributed by atoms with Crippen LogP contribution in [0, 0.1) is 18.3 Å². The van der Waals surface area contributed by atoms with E-state index in [2.05, 4.69) is 13.8 Å². The molecule has 0 aromatic carbocycles. The van der Waals surface area contributed by atoms with Crippen molar-refractivity contribution < 1.29 is 9.53 Å². The third kappa shape index (κ3) is 9.38. The Bertz CT molecular complexity index is 139. The van der Waals surface area contributed by atoms with E-state index in [4.69, 9.17) is 4.74 Å². The monoisotopic (exact) mass is 185 g/mol. The lowest BCUT2D eigenvalue weighted by atomic mass is 10.1. The van der Waals surface area contributed by atoms with Crippen LogP contribution in [0.2, 0.25) is 0 Å². The van der Waals surface area contributed by atoms with E-state index in [1.807, 2.05) is 13.8 Å². The maximum atomic E-state index is 11.1.